The van der Waals surface area contributed by atoms with Crippen molar-refractivity contribution in [1.29, 1.82) is 0 Å². The van der Waals surface area contributed by atoms with Crippen molar-refractivity contribution in [3.63, 3.8) is 0 Å². The first-order chi connectivity index (χ1) is 16.5. The van der Waals surface area contributed by atoms with Gasteiger partial charge in [0.1, 0.15) is 5.01 Å². The van der Waals surface area contributed by atoms with Crippen LogP contribution in [0.5, 0.6) is 0 Å². The Morgan fingerprint density at radius 3 is 2.53 bits per heavy atom. The van der Waals surface area contributed by atoms with Gasteiger partial charge in [-0.15, -0.1) is 11.3 Å². The highest BCUT2D eigenvalue weighted by Crippen LogP contribution is 2.39. The van der Waals surface area contributed by atoms with Crippen LogP contribution in [0.25, 0.3) is 10.6 Å². The van der Waals surface area contributed by atoms with Crippen molar-refractivity contribution < 1.29 is 19.5 Å². The van der Waals surface area contributed by atoms with E-state index in [0.29, 0.717) is 23.4 Å². The smallest absolute Gasteiger partial charge is 0.335 e. The molecule has 1 aliphatic rings. The molecule has 168 valence electrons. The zero-order valence-corrected chi connectivity index (χ0v) is 19.2. The number of rotatable bonds is 5. The van der Waals surface area contributed by atoms with Gasteiger partial charge in [-0.05, 0) is 42.5 Å². The SMILES string of the molecule is O=C(O)c1ccc(-c2ncc(CNC(=O)c3ccc4c(c3)NC(=O)c3ccccc3S4)s2)cc1. The van der Waals surface area contributed by atoms with Gasteiger partial charge in [-0.2, -0.15) is 0 Å². The molecule has 0 saturated carbocycles. The highest BCUT2D eigenvalue weighted by Gasteiger charge is 2.20. The fraction of sp³-hybridized carbons (Fsp3) is 0.0400. The van der Waals surface area contributed by atoms with Crippen LogP contribution >= 0.6 is 23.1 Å². The van der Waals surface area contributed by atoms with Crippen molar-refractivity contribution in [3.05, 3.63) is 94.5 Å². The zero-order chi connectivity index (χ0) is 23.7. The van der Waals surface area contributed by atoms with Gasteiger partial charge < -0.3 is 15.7 Å². The van der Waals surface area contributed by atoms with E-state index in [4.69, 9.17) is 5.11 Å². The van der Waals surface area contributed by atoms with Crippen LogP contribution in [-0.2, 0) is 6.54 Å². The number of fused-ring (bicyclic) bond motifs is 2. The first-order valence-electron chi connectivity index (χ1n) is 10.3. The van der Waals surface area contributed by atoms with E-state index in [-0.39, 0.29) is 17.4 Å². The van der Waals surface area contributed by atoms with E-state index in [1.807, 2.05) is 24.3 Å². The Kier molecular flexibility index (Phi) is 5.87. The molecule has 1 aromatic heterocycles. The molecule has 4 aromatic rings. The Morgan fingerprint density at radius 1 is 0.971 bits per heavy atom. The number of nitrogens with zero attached hydrogens (tertiary/aromatic N) is 1. The molecule has 1 aliphatic heterocycles. The average molecular weight is 488 g/mol. The molecule has 0 fully saturated rings. The molecule has 9 heteroatoms. The quantitative estimate of drug-likeness (QED) is 0.359. The number of carbonyl (C=O) groups excluding carboxylic acids is 2. The van der Waals surface area contributed by atoms with Crippen molar-refractivity contribution in [1.82, 2.24) is 10.3 Å². The predicted octanol–water partition coefficient (Wildman–Crippen LogP) is 5.16. The Balaban J connectivity index is 1.27. The number of hydrogen-bond donors (Lipinski definition) is 3. The van der Waals surface area contributed by atoms with Crippen LogP contribution in [0.1, 0.15) is 36.0 Å². The van der Waals surface area contributed by atoms with Crippen LogP contribution < -0.4 is 10.6 Å². The number of nitrogens with one attached hydrogen (secondary N) is 2. The standard InChI is InChI=1S/C25H17N3O4S2/c29-22(26-12-17-13-27-24(33-17)14-5-7-15(8-6-14)25(31)32)16-9-10-21-19(11-16)28-23(30)18-3-1-2-4-20(18)34-21/h1-11,13H,12H2,(H,26,29)(H,28,30)(H,31,32). The van der Waals surface area contributed by atoms with Crippen LogP contribution in [0.4, 0.5) is 5.69 Å². The summed E-state index contributed by atoms with van der Waals surface area (Å²) in [5.41, 5.74) is 2.68. The van der Waals surface area contributed by atoms with Gasteiger partial charge in [-0.25, -0.2) is 9.78 Å². The van der Waals surface area contributed by atoms with Crippen molar-refractivity contribution in [2.45, 2.75) is 16.3 Å². The number of benzene rings is 3. The molecule has 34 heavy (non-hydrogen) atoms. The van der Waals surface area contributed by atoms with Crippen LogP contribution in [0.2, 0.25) is 0 Å². The topological polar surface area (TPSA) is 108 Å². The second kappa shape index (κ2) is 9.12. The van der Waals surface area contributed by atoms with Crippen molar-refractivity contribution in [2.24, 2.45) is 0 Å². The fourth-order valence-corrected chi connectivity index (χ4v) is 5.32. The van der Waals surface area contributed by atoms with E-state index < -0.39 is 5.97 Å². The normalized spacial score (nSPS) is 12.2. The summed E-state index contributed by atoms with van der Waals surface area (Å²) in [6, 6.07) is 19.2. The lowest BCUT2D eigenvalue weighted by molar-refractivity contribution is 0.0696. The predicted molar refractivity (Wildman–Crippen MR) is 131 cm³/mol. The van der Waals surface area contributed by atoms with Gasteiger partial charge in [0, 0.05) is 32.0 Å². The average Bonchev–Trinajstić information content (AvgIpc) is 3.27. The lowest BCUT2D eigenvalue weighted by atomic mass is 10.1. The molecule has 0 saturated heterocycles. The van der Waals surface area contributed by atoms with Gasteiger partial charge in [-0.1, -0.05) is 36.0 Å². The van der Waals surface area contributed by atoms with Crippen LogP contribution in [0.3, 0.4) is 0 Å². The Morgan fingerprint density at radius 2 is 1.74 bits per heavy atom. The lowest BCUT2D eigenvalue weighted by Gasteiger charge is -2.09. The first kappa shape index (κ1) is 21.9. The number of hydrogen-bond acceptors (Lipinski definition) is 6. The maximum Gasteiger partial charge on any atom is 0.335 e. The maximum absolute atomic E-state index is 12.8. The van der Waals surface area contributed by atoms with Crippen molar-refractivity contribution in [2.75, 3.05) is 5.32 Å². The molecule has 0 spiro atoms. The lowest BCUT2D eigenvalue weighted by Crippen LogP contribution is -2.22. The Bertz CT molecular complexity index is 1430. The molecule has 7 nitrogen and oxygen atoms in total. The molecule has 0 unspecified atom stereocenters. The number of carboxylic acids is 1. The summed E-state index contributed by atoms with van der Waals surface area (Å²) in [4.78, 5) is 43.3. The molecule has 5 rings (SSSR count). The number of carbonyl (C=O) groups is 3. The number of amides is 2. The number of carboxylic acid groups (broad SMARTS) is 1. The third-order valence-corrected chi connectivity index (χ3v) is 7.40. The molecular formula is C25H17N3O4S2. The van der Waals surface area contributed by atoms with Gasteiger partial charge >= 0.3 is 5.97 Å². The van der Waals surface area contributed by atoms with E-state index in [9.17, 15) is 14.4 Å². The molecule has 0 atom stereocenters. The molecule has 3 aromatic carbocycles. The van der Waals surface area contributed by atoms with Gasteiger partial charge in [0.2, 0.25) is 0 Å². The van der Waals surface area contributed by atoms with Gasteiger partial charge in [0.05, 0.1) is 23.4 Å². The maximum atomic E-state index is 12.8. The van der Waals surface area contributed by atoms with Gasteiger partial charge in [-0.3, -0.25) is 9.59 Å². The van der Waals surface area contributed by atoms with E-state index in [1.54, 1.807) is 36.5 Å². The Labute approximate surface area is 202 Å². The van der Waals surface area contributed by atoms with E-state index in [0.717, 1.165) is 25.2 Å². The summed E-state index contributed by atoms with van der Waals surface area (Å²) in [5, 5.41) is 15.6. The van der Waals surface area contributed by atoms with Crippen LogP contribution in [-0.4, -0.2) is 27.9 Å². The minimum absolute atomic E-state index is 0.201. The highest BCUT2D eigenvalue weighted by atomic mass is 32.2. The van der Waals surface area contributed by atoms with E-state index in [1.165, 1.54) is 35.2 Å². The van der Waals surface area contributed by atoms with Crippen LogP contribution in [0.15, 0.2) is 82.7 Å². The molecule has 0 aliphatic carbocycles. The van der Waals surface area contributed by atoms with E-state index in [2.05, 4.69) is 15.6 Å². The summed E-state index contributed by atoms with van der Waals surface area (Å²) in [7, 11) is 0. The summed E-state index contributed by atoms with van der Waals surface area (Å²) in [6.45, 7) is 0.299. The fourth-order valence-electron chi connectivity index (χ4n) is 3.46. The largest absolute Gasteiger partial charge is 0.478 e. The molecule has 0 radical (unpaired) electrons. The van der Waals surface area contributed by atoms with Crippen molar-refractivity contribution >= 4 is 46.6 Å². The summed E-state index contributed by atoms with van der Waals surface area (Å²) in [5.74, 6) is -1.44. The Hall–Kier alpha value is -3.95. The third-order valence-electron chi connectivity index (χ3n) is 5.20. The van der Waals surface area contributed by atoms with Crippen LogP contribution in [0, 0.1) is 0 Å². The zero-order valence-electron chi connectivity index (χ0n) is 17.6. The highest BCUT2D eigenvalue weighted by molar-refractivity contribution is 7.99. The van der Waals surface area contributed by atoms with Gasteiger partial charge in [0.15, 0.2) is 0 Å². The minimum Gasteiger partial charge on any atom is -0.478 e. The first-order valence-corrected chi connectivity index (χ1v) is 11.9. The number of aromatic carboxylic acids is 1. The molecule has 3 N–H and O–H groups in total. The summed E-state index contributed by atoms with van der Waals surface area (Å²) in [6.07, 6.45) is 1.69. The van der Waals surface area contributed by atoms with E-state index >= 15 is 0 Å². The van der Waals surface area contributed by atoms with Crippen molar-refractivity contribution in [3.8, 4) is 10.6 Å². The van der Waals surface area contributed by atoms with Gasteiger partial charge in [0.25, 0.3) is 11.8 Å². The number of thiazole rings is 1. The summed E-state index contributed by atoms with van der Waals surface area (Å²) >= 11 is 2.91. The summed E-state index contributed by atoms with van der Waals surface area (Å²) < 4.78 is 0. The molecule has 2 heterocycles. The molecule has 2 amide bonds. The second-order valence-electron chi connectivity index (χ2n) is 7.46. The molecular weight excluding hydrogens is 470 g/mol. The third kappa shape index (κ3) is 4.43. The number of aromatic nitrogens is 1. The molecule has 0 bridgehead atoms. The monoisotopic (exact) mass is 487 g/mol. The number of anilines is 1. The minimum atomic E-state index is -0.977. The second-order valence-corrected chi connectivity index (χ2v) is 9.66.